The SMILES string of the molecule is C/C(=N\NC(=O)CSCc1ccccc1C)c1cccc(NC(=O)c2ccccc2)c1. The van der Waals surface area contributed by atoms with E-state index < -0.39 is 0 Å². The molecule has 0 aliphatic rings. The van der Waals surface area contributed by atoms with Gasteiger partial charge in [0.15, 0.2) is 0 Å². The highest BCUT2D eigenvalue weighted by atomic mass is 32.2. The molecule has 0 saturated heterocycles. The molecule has 0 fully saturated rings. The van der Waals surface area contributed by atoms with Gasteiger partial charge in [0.1, 0.15) is 0 Å². The quantitative estimate of drug-likeness (QED) is 0.389. The number of rotatable bonds is 8. The lowest BCUT2D eigenvalue weighted by atomic mass is 10.1. The number of benzene rings is 3. The average molecular weight is 432 g/mol. The van der Waals surface area contributed by atoms with Crippen LogP contribution in [0.25, 0.3) is 0 Å². The molecule has 0 radical (unpaired) electrons. The monoisotopic (exact) mass is 431 g/mol. The maximum absolute atomic E-state index is 12.3. The van der Waals surface area contributed by atoms with Crippen LogP contribution in [0, 0.1) is 6.92 Å². The van der Waals surface area contributed by atoms with Crippen molar-refractivity contribution in [1.82, 2.24) is 5.43 Å². The van der Waals surface area contributed by atoms with E-state index in [1.165, 1.54) is 11.1 Å². The second kappa shape index (κ2) is 11.1. The molecule has 0 aromatic heterocycles. The molecule has 158 valence electrons. The van der Waals surface area contributed by atoms with Gasteiger partial charge in [-0.15, -0.1) is 11.8 Å². The fourth-order valence-electron chi connectivity index (χ4n) is 2.88. The molecule has 0 unspecified atom stereocenters. The summed E-state index contributed by atoms with van der Waals surface area (Å²) >= 11 is 1.55. The van der Waals surface area contributed by atoms with Crippen molar-refractivity contribution in [2.24, 2.45) is 5.10 Å². The van der Waals surface area contributed by atoms with Gasteiger partial charge in [-0.1, -0.05) is 54.6 Å². The van der Waals surface area contributed by atoms with Gasteiger partial charge >= 0.3 is 0 Å². The summed E-state index contributed by atoms with van der Waals surface area (Å²) in [4.78, 5) is 24.5. The summed E-state index contributed by atoms with van der Waals surface area (Å²) in [5, 5.41) is 7.09. The summed E-state index contributed by atoms with van der Waals surface area (Å²) in [5.74, 6) is 0.794. The number of nitrogens with one attached hydrogen (secondary N) is 2. The fourth-order valence-corrected chi connectivity index (χ4v) is 3.78. The number of amides is 2. The Morgan fingerprint density at radius 1 is 0.903 bits per heavy atom. The zero-order valence-electron chi connectivity index (χ0n) is 17.6. The molecule has 2 amide bonds. The van der Waals surface area contributed by atoms with Crippen molar-refractivity contribution in [3.05, 3.63) is 101 Å². The Kier molecular flexibility index (Phi) is 8.01. The van der Waals surface area contributed by atoms with Crippen molar-refractivity contribution < 1.29 is 9.59 Å². The lowest BCUT2D eigenvalue weighted by molar-refractivity contribution is -0.118. The van der Waals surface area contributed by atoms with E-state index in [2.05, 4.69) is 34.9 Å². The summed E-state index contributed by atoms with van der Waals surface area (Å²) in [6, 6.07) is 24.6. The van der Waals surface area contributed by atoms with E-state index in [1.807, 2.05) is 61.5 Å². The topological polar surface area (TPSA) is 70.6 Å². The van der Waals surface area contributed by atoms with Gasteiger partial charge in [-0.25, -0.2) is 5.43 Å². The molecule has 3 aromatic rings. The number of thioether (sulfide) groups is 1. The lowest BCUT2D eigenvalue weighted by Crippen LogP contribution is -2.21. The number of hydrazone groups is 1. The predicted molar refractivity (Wildman–Crippen MR) is 129 cm³/mol. The molecule has 0 bridgehead atoms. The van der Waals surface area contributed by atoms with Crippen LogP contribution < -0.4 is 10.7 Å². The summed E-state index contributed by atoms with van der Waals surface area (Å²) in [6.45, 7) is 3.89. The van der Waals surface area contributed by atoms with Crippen LogP contribution >= 0.6 is 11.8 Å². The maximum Gasteiger partial charge on any atom is 0.255 e. The zero-order valence-corrected chi connectivity index (χ0v) is 18.4. The molecule has 6 heteroatoms. The third kappa shape index (κ3) is 6.83. The Balaban J connectivity index is 1.52. The van der Waals surface area contributed by atoms with E-state index in [0.717, 1.165) is 11.3 Å². The van der Waals surface area contributed by atoms with Crippen molar-refractivity contribution in [3.8, 4) is 0 Å². The zero-order chi connectivity index (χ0) is 22.1. The van der Waals surface area contributed by atoms with E-state index in [0.29, 0.717) is 22.7 Å². The first-order valence-corrected chi connectivity index (χ1v) is 11.1. The minimum Gasteiger partial charge on any atom is -0.322 e. The highest BCUT2D eigenvalue weighted by Crippen LogP contribution is 2.16. The summed E-state index contributed by atoms with van der Waals surface area (Å²) in [5.41, 5.74) is 7.80. The maximum atomic E-state index is 12.3. The van der Waals surface area contributed by atoms with Crippen LogP contribution in [-0.2, 0) is 10.5 Å². The molecule has 3 aromatic carbocycles. The first kappa shape index (κ1) is 22.3. The van der Waals surface area contributed by atoms with Crippen LogP contribution in [0.2, 0.25) is 0 Å². The van der Waals surface area contributed by atoms with Gasteiger partial charge in [-0.05, 0) is 54.8 Å². The molecule has 3 rings (SSSR count). The molecular formula is C25H25N3O2S. The van der Waals surface area contributed by atoms with Crippen LogP contribution in [0.5, 0.6) is 0 Å². The van der Waals surface area contributed by atoms with Gasteiger partial charge in [-0.2, -0.15) is 5.10 Å². The van der Waals surface area contributed by atoms with Gasteiger partial charge < -0.3 is 5.32 Å². The highest BCUT2D eigenvalue weighted by Gasteiger charge is 2.07. The number of anilines is 1. The van der Waals surface area contributed by atoms with Crippen molar-refractivity contribution in [2.45, 2.75) is 19.6 Å². The van der Waals surface area contributed by atoms with Gasteiger partial charge in [0.25, 0.3) is 5.91 Å². The van der Waals surface area contributed by atoms with Gasteiger partial charge in [0.05, 0.1) is 11.5 Å². The average Bonchev–Trinajstić information content (AvgIpc) is 2.79. The normalized spacial score (nSPS) is 11.1. The molecule has 0 aliphatic heterocycles. The minimum absolute atomic E-state index is 0.147. The summed E-state index contributed by atoms with van der Waals surface area (Å²) in [7, 11) is 0. The van der Waals surface area contributed by atoms with E-state index in [9.17, 15) is 9.59 Å². The van der Waals surface area contributed by atoms with E-state index in [4.69, 9.17) is 0 Å². The molecule has 31 heavy (non-hydrogen) atoms. The second-order valence-electron chi connectivity index (χ2n) is 7.05. The molecule has 5 nitrogen and oxygen atoms in total. The number of hydrogen-bond acceptors (Lipinski definition) is 4. The lowest BCUT2D eigenvalue weighted by Gasteiger charge is -2.08. The first-order valence-electron chi connectivity index (χ1n) is 9.95. The van der Waals surface area contributed by atoms with Crippen LogP contribution in [0.3, 0.4) is 0 Å². The van der Waals surface area contributed by atoms with E-state index >= 15 is 0 Å². The standard InChI is InChI=1S/C25H25N3O2S/c1-18-9-6-7-12-22(18)16-31-17-24(29)28-27-19(2)21-13-8-14-23(15-21)26-25(30)20-10-4-3-5-11-20/h3-15H,16-17H2,1-2H3,(H,26,30)(H,28,29)/b27-19+. The smallest absolute Gasteiger partial charge is 0.255 e. The van der Waals surface area contributed by atoms with Crippen LogP contribution in [0.1, 0.15) is 34.0 Å². The number of hydrogen-bond donors (Lipinski definition) is 2. The largest absolute Gasteiger partial charge is 0.322 e. The first-order chi connectivity index (χ1) is 15.0. The molecule has 2 N–H and O–H groups in total. The van der Waals surface area contributed by atoms with E-state index in [-0.39, 0.29) is 11.8 Å². The van der Waals surface area contributed by atoms with Crippen LogP contribution in [-0.4, -0.2) is 23.3 Å². The van der Waals surface area contributed by atoms with Crippen molar-refractivity contribution in [1.29, 1.82) is 0 Å². The molecule has 0 saturated carbocycles. The fraction of sp³-hybridized carbons (Fsp3) is 0.160. The Morgan fingerprint density at radius 3 is 2.39 bits per heavy atom. The highest BCUT2D eigenvalue weighted by molar-refractivity contribution is 7.99. The Hall–Kier alpha value is -3.38. The minimum atomic E-state index is -0.175. The molecule has 0 spiro atoms. The summed E-state index contributed by atoms with van der Waals surface area (Å²) in [6.07, 6.45) is 0. The molecule has 0 atom stereocenters. The molecular weight excluding hydrogens is 406 g/mol. The number of carbonyl (C=O) groups excluding carboxylic acids is 2. The number of carbonyl (C=O) groups is 2. The third-order valence-electron chi connectivity index (χ3n) is 4.67. The third-order valence-corrected chi connectivity index (χ3v) is 5.66. The summed E-state index contributed by atoms with van der Waals surface area (Å²) < 4.78 is 0. The Bertz CT molecular complexity index is 1080. The van der Waals surface area contributed by atoms with Crippen molar-refractivity contribution in [2.75, 3.05) is 11.1 Å². The number of nitrogens with zero attached hydrogens (tertiary/aromatic N) is 1. The van der Waals surface area contributed by atoms with Gasteiger partial charge in [-0.3, -0.25) is 9.59 Å². The molecule has 0 heterocycles. The predicted octanol–water partition coefficient (Wildman–Crippen LogP) is 5.02. The number of aryl methyl sites for hydroxylation is 1. The van der Waals surface area contributed by atoms with Crippen molar-refractivity contribution in [3.63, 3.8) is 0 Å². The van der Waals surface area contributed by atoms with Crippen LogP contribution in [0.4, 0.5) is 5.69 Å². The van der Waals surface area contributed by atoms with Crippen molar-refractivity contribution >= 4 is 35.0 Å². The van der Waals surface area contributed by atoms with Gasteiger partial charge in [0.2, 0.25) is 5.91 Å². The van der Waals surface area contributed by atoms with Crippen LogP contribution in [0.15, 0.2) is 84.0 Å². The molecule has 0 aliphatic carbocycles. The van der Waals surface area contributed by atoms with Gasteiger partial charge in [0, 0.05) is 17.0 Å². The Morgan fingerprint density at radius 2 is 1.61 bits per heavy atom. The Labute approximate surface area is 187 Å². The second-order valence-corrected chi connectivity index (χ2v) is 8.04. The van der Waals surface area contributed by atoms with E-state index in [1.54, 1.807) is 23.9 Å².